The Morgan fingerprint density at radius 1 is 0.750 bits per heavy atom. The van der Waals surface area contributed by atoms with E-state index in [9.17, 15) is 25.5 Å². The number of rotatable bonds is 6. The summed E-state index contributed by atoms with van der Waals surface area (Å²) in [6, 6.07) is -3.40. The molecule has 36 heavy (non-hydrogen) atoms. The van der Waals surface area contributed by atoms with E-state index in [-0.39, 0.29) is 25.9 Å². The minimum atomic E-state index is -1.33. The number of hydrogen-bond donors (Lipinski definition) is 10. The van der Waals surface area contributed by atoms with E-state index in [1.54, 1.807) is 7.05 Å². The van der Waals surface area contributed by atoms with Crippen molar-refractivity contribution >= 4 is 0 Å². The van der Waals surface area contributed by atoms with Crippen molar-refractivity contribution in [1.29, 1.82) is 0 Å². The molecule has 0 aromatic rings. The van der Waals surface area contributed by atoms with Gasteiger partial charge in [0.15, 0.2) is 18.9 Å². The van der Waals surface area contributed by atoms with Gasteiger partial charge in [0.1, 0.15) is 30.5 Å². The molecular weight excluding hydrogens is 482 g/mol. The summed E-state index contributed by atoms with van der Waals surface area (Å²) in [5.74, 6) is 0. The largest absolute Gasteiger partial charge is 0.394 e. The highest BCUT2D eigenvalue weighted by Gasteiger charge is 2.53. The maximum atomic E-state index is 11.1. The van der Waals surface area contributed by atoms with E-state index in [4.69, 9.17) is 46.6 Å². The lowest BCUT2D eigenvalue weighted by molar-refractivity contribution is -0.367. The van der Waals surface area contributed by atoms with Crippen LogP contribution in [0.4, 0.5) is 0 Å². The molecule has 1 saturated carbocycles. The van der Waals surface area contributed by atoms with Crippen molar-refractivity contribution in [2.24, 2.45) is 22.9 Å². The fourth-order valence-corrected chi connectivity index (χ4v) is 5.43. The first kappa shape index (κ1) is 28.4. The van der Waals surface area contributed by atoms with E-state index < -0.39 is 97.9 Å². The number of hydrogen-bond acceptors (Lipinski definition) is 15. The molecule has 4 fully saturated rings. The molecule has 3 saturated heterocycles. The van der Waals surface area contributed by atoms with Crippen LogP contribution < -0.4 is 28.3 Å². The average molecular weight is 524 g/mol. The molecule has 10 unspecified atom stereocenters. The lowest BCUT2D eigenvalue weighted by Crippen LogP contribution is -2.69. The molecule has 16 atom stereocenters. The molecule has 1 aliphatic carbocycles. The van der Waals surface area contributed by atoms with E-state index in [1.165, 1.54) is 0 Å². The van der Waals surface area contributed by atoms with Crippen LogP contribution >= 0.6 is 0 Å². The van der Waals surface area contributed by atoms with Crippen molar-refractivity contribution in [2.75, 3.05) is 13.7 Å². The molecule has 0 radical (unpaired) electrons. The molecule has 0 aromatic carbocycles. The fraction of sp³-hybridized carbons (Fsp3) is 1.00. The number of fused-ring (bicyclic) bond motifs is 1. The van der Waals surface area contributed by atoms with Crippen molar-refractivity contribution in [2.45, 2.75) is 117 Å². The summed E-state index contributed by atoms with van der Waals surface area (Å²) in [6.45, 7) is -0.339. The molecule has 14 N–H and O–H groups in total. The second kappa shape index (κ2) is 11.6. The number of nitrogens with one attached hydrogen (secondary N) is 1. The van der Waals surface area contributed by atoms with Crippen molar-refractivity contribution in [1.82, 2.24) is 5.32 Å². The Bertz CT molecular complexity index is 727. The fourth-order valence-electron chi connectivity index (χ4n) is 5.43. The van der Waals surface area contributed by atoms with Gasteiger partial charge in [-0.1, -0.05) is 0 Å². The van der Waals surface area contributed by atoms with Crippen LogP contribution in [-0.2, 0) is 23.7 Å². The molecule has 4 aliphatic rings. The lowest BCUT2D eigenvalue weighted by Gasteiger charge is -2.51. The van der Waals surface area contributed by atoms with Gasteiger partial charge in [-0.05, 0) is 26.3 Å². The van der Waals surface area contributed by atoms with Crippen molar-refractivity contribution in [3.05, 3.63) is 0 Å². The maximum absolute atomic E-state index is 11.1. The second-order valence-corrected chi connectivity index (χ2v) is 10.2. The van der Waals surface area contributed by atoms with Crippen LogP contribution in [0.3, 0.4) is 0 Å². The van der Waals surface area contributed by atoms with Gasteiger partial charge in [-0.2, -0.15) is 0 Å². The van der Waals surface area contributed by atoms with Crippen molar-refractivity contribution < 1.29 is 49.2 Å². The average Bonchev–Trinajstić information content (AvgIpc) is 2.83. The second-order valence-electron chi connectivity index (χ2n) is 10.2. The molecule has 3 aliphatic heterocycles. The van der Waals surface area contributed by atoms with Gasteiger partial charge >= 0.3 is 0 Å². The van der Waals surface area contributed by atoms with Gasteiger partial charge in [0.25, 0.3) is 0 Å². The van der Waals surface area contributed by atoms with E-state index >= 15 is 0 Å². The van der Waals surface area contributed by atoms with Gasteiger partial charge in [0.05, 0.1) is 37.0 Å². The summed E-state index contributed by atoms with van der Waals surface area (Å²) in [6.07, 6.45) is -10.6. The van der Waals surface area contributed by atoms with E-state index in [0.29, 0.717) is 0 Å². The van der Waals surface area contributed by atoms with Gasteiger partial charge < -0.3 is 77.5 Å². The topological polar surface area (TPSA) is 263 Å². The smallest absolute Gasteiger partial charge is 0.187 e. The Labute approximate surface area is 208 Å². The van der Waals surface area contributed by atoms with Crippen LogP contribution in [0.1, 0.15) is 19.3 Å². The first-order valence-corrected chi connectivity index (χ1v) is 12.4. The zero-order chi connectivity index (χ0) is 26.3. The summed E-state index contributed by atoms with van der Waals surface area (Å²) in [5.41, 5.74) is 24.1. The van der Waals surface area contributed by atoms with Crippen LogP contribution in [0.15, 0.2) is 0 Å². The zero-order valence-corrected chi connectivity index (χ0v) is 20.2. The minimum absolute atomic E-state index is 0.156. The summed E-state index contributed by atoms with van der Waals surface area (Å²) in [7, 11) is 1.60. The predicted molar refractivity (Wildman–Crippen MR) is 122 cm³/mol. The molecule has 210 valence electrons. The first-order valence-electron chi connectivity index (χ1n) is 12.4. The summed E-state index contributed by atoms with van der Waals surface area (Å²) >= 11 is 0. The van der Waals surface area contributed by atoms with Crippen LogP contribution in [0, 0.1) is 0 Å². The molecule has 15 nitrogen and oxygen atoms in total. The van der Waals surface area contributed by atoms with Crippen LogP contribution in [0.5, 0.6) is 0 Å². The summed E-state index contributed by atoms with van der Waals surface area (Å²) < 4.78 is 29.5. The van der Waals surface area contributed by atoms with Gasteiger partial charge in [-0.15, -0.1) is 0 Å². The minimum Gasteiger partial charge on any atom is -0.394 e. The maximum Gasteiger partial charge on any atom is 0.187 e. The third kappa shape index (κ3) is 5.56. The molecule has 0 spiro atoms. The number of aliphatic hydroxyl groups excluding tert-OH is 5. The normalized spacial score (nSPS) is 54.2. The predicted octanol–water partition coefficient (Wildman–Crippen LogP) is -5.92. The third-order valence-corrected chi connectivity index (χ3v) is 7.60. The third-order valence-electron chi connectivity index (χ3n) is 7.60. The molecule has 0 aromatic heterocycles. The van der Waals surface area contributed by atoms with E-state index in [0.717, 1.165) is 0 Å². The lowest BCUT2D eigenvalue weighted by atomic mass is 9.84. The summed E-state index contributed by atoms with van der Waals surface area (Å²) in [4.78, 5) is 0. The van der Waals surface area contributed by atoms with Crippen molar-refractivity contribution in [3.8, 4) is 0 Å². The Morgan fingerprint density at radius 2 is 1.47 bits per heavy atom. The highest BCUT2D eigenvalue weighted by Crippen LogP contribution is 2.35. The Morgan fingerprint density at radius 3 is 2.14 bits per heavy atom. The monoisotopic (exact) mass is 523 g/mol. The molecule has 15 heteroatoms. The van der Waals surface area contributed by atoms with E-state index in [1.807, 2.05) is 0 Å². The highest BCUT2D eigenvalue weighted by atomic mass is 16.8. The Kier molecular flexibility index (Phi) is 9.19. The SMILES string of the molecule is CNC1C(O[C@H]2OC(CO)[C@@H](N)CC2O)O[C@H]2CC(N)[C@@H](O[C@@H]3C(N)C[C@@H](N)C(O)C3O)OC2C1O. The molecule has 0 amide bonds. The zero-order valence-electron chi connectivity index (χ0n) is 20.2. The standard InChI is InChI=1S/C21H41N5O10/c1-26-13-15(30)18-11(32-21(13)36-20-10(28)3-6(22)12(5-27)33-20)4-9(25)19(35-18)34-17-8(24)2-7(23)14(29)16(17)31/h6-21,26-31H,2-5,22-25H2,1H3/t6-,7+,8?,9?,10?,11-,12?,13?,14?,15?,16?,17+,18?,19-,20+,21?/m0/s1. The van der Waals surface area contributed by atoms with Crippen molar-refractivity contribution in [3.63, 3.8) is 0 Å². The molecule has 4 rings (SSSR count). The molecule has 0 bridgehead atoms. The van der Waals surface area contributed by atoms with Gasteiger partial charge in [-0.25, -0.2) is 0 Å². The number of nitrogens with two attached hydrogens (primary N) is 4. The van der Waals surface area contributed by atoms with Crippen LogP contribution in [-0.4, -0.2) is 137 Å². The first-order chi connectivity index (χ1) is 17.0. The number of aliphatic hydroxyl groups is 5. The van der Waals surface area contributed by atoms with Crippen LogP contribution in [0.2, 0.25) is 0 Å². The Balaban J connectivity index is 1.42. The van der Waals surface area contributed by atoms with E-state index in [2.05, 4.69) is 5.32 Å². The van der Waals surface area contributed by atoms with Crippen LogP contribution in [0.25, 0.3) is 0 Å². The molecular formula is C21H41N5O10. The number of ether oxygens (including phenoxy) is 5. The highest BCUT2D eigenvalue weighted by molar-refractivity contribution is 5.01. The summed E-state index contributed by atoms with van der Waals surface area (Å²) in [5, 5.41) is 54.5. The quantitative estimate of drug-likeness (QED) is 0.155. The number of likely N-dealkylation sites (N-methyl/N-ethyl adjacent to an activating group) is 1. The van der Waals surface area contributed by atoms with Gasteiger partial charge in [0.2, 0.25) is 0 Å². The Hall–Kier alpha value is -0.600. The molecule has 3 heterocycles. The van der Waals surface area contributed by atoms with Gasteiger partial charge in [0, 0.05) is 18.1 Å². The van der Waals surface area contributed by atoms with Gasteiger partial charge in [-0.3, -0.25) is 0 Å².